The molecule has 1 aliphatic rings. The van der Waals surface area contributed by atoms with Gasteiger partial charge in [0.1, 0.15) is 0 Å². The van der Waals surface area contributed by atoms with Gasteiger partial charge in [-0.05, 0) is 40.3 Å². The van der Waals surface area contributed by atoms with Crippen LogP contribution in [0.25, 0.3) is 0 Å². The predicted octanol–water partition coefficient (Wildman–Crippen LogP) is 2.43. The molecule has 1 unspecified atom stereocenters. The Morgan fingerprint density at radius 2 is 1.95 bits per heavy atom. The maximum absolute atomic E-state index is 5.94. The van der Waals surface area contributed by atoms with E-state index in [1.54, 1.807) is 0 Å². The molecule has 5 heteroatoms. The average Bonchev–Trinajstić information content (AvgIpc) is 2.74. The summed E-state index contributed by atoms with van der Waals surface area (Å²) in [6.07, 6.45) is 6.31. The third kappa shape index (κ3) is 6.79. The number of hydrogen-bond acceptors (Lipinski definition) is 2. The smallest absolute Gasteiger partial charge is 0.188 e. The Bertz CT molecular complexity index is 273. The molecule has 1 atom stereocenters. The van der Waals surface area contributed by atoms with E-state index in [2.05, 4.69) is 43.2 Å². The Hall–Kier alpha value is -0.0400. The third-order valence-electron chi connectivity index (χ3n) is 3.91. The third-order valence-corrected chi connectivity index (χ3v) is 3.91. The van der Waals surface area contributed by atoms with E-state index in [0.29, 0.717) is 17.4 Å². The summed E-state index contributed by atoms with van der Waals surface area (Å²) >= 11 is 0. The van der Waals surface area contributed by atoms with E-state index in [1.165, 1.54) is 25.7 Å². The highest BCUT2D eigenvalue weighted by atomic mass is 127. The Morgan fingerprint density at radius 3 is 2.42 bits per heavy atom. The maximum Gasteiger partial charge on any atom is 0.188 e. The van der Waals surface area contributed by atoms with Crippen LogP contribution in [0.4, 0.5) is 0 Å². The molecule has 0 aromatic carbocycles. The molecule has 0 aromatic heterocycles. The molecular weight excluding hydrogens is 351 g/mol. The summed E-state index contributed by atoms with van der Waals surface area (Å²) in [5.74, 6) is 0.606. The van der Waals surface area contributed by atoms with Crippen LogP contribution in [-0.2, 0) is 0 Å². The fourth-order valence-corrected chi connectivity index (χ4v) is 2.82. The van der Waals surface area contributed by atoms with Crippen LogP contribution in [0.2, 0.25) is 0 Å². The predicted molar refractivity (Wildman–Crippen MR) is 94.2 cm³/mol. The topological polar surface area (TPSA) is 53.6 Å². The number of nitrogens with zero attached hydrogens (tertiary/aromatic N) is 2. The zero-order valence-corrected chi connectivity index (χ0v) is 15.2. The van der Waals surface area contributed by atoms with Crippen molar-refractivity contribution in [3.05, 3.63) is 0 Å². The Labute approximate surface area is 135 Å². The van der Waals surface area contributed by atoms with Crippen molar-refractivity contribution in [1.29, 1.82) is 0 Å². The van der Waals surface area contributed by atoms with Crippen molar-refractivity contribution in [2.45, 2.75) is 52.0 Å². The van der Waals surface area contributed by atoms with Gasteiger partial charge in [-0.25, -0.2) is 0 Å². The van der Waals surface area contributed by atoms with E-state index in [0.717, 1.165) is 19.5 Å². The minimum absolute atomic E-state index is 0. The monoisotopic (exact) mass is 382 g/mol. The molecule has 0 saturated heterocycles. The number of rotatable bonds is 6. The number of nitrogens with two attached hydrogens (primary N) is 1. The summed E-state index contributed by atoms with van der Waals surface area (Å²) < 4.78 is 0. The van der Waals surface area contributed by atoms with Gasteiger partial charge in [0.05, 0.1) is 0 Å². The molecule has 1 fully saturated rings. The Kier molecular flexibility index (Phi) is 8.98. The minimum atomic E-state index is 0. The second kappa shape index (κ2) is 9.00. The second-order valence-electron chi connectivity index (χ2n) is 6.10. The van der Waals surface area contributed by atoms with Crippen molar-refractivity contribution in [2.24, 2.45) is 16.1 Å². The van der Waals surface area contributed by atoms with E-state index in [4.69, 9.17) is 5.73 Å². The molecule has 0 aliphatic heterocycles. The summed E-state index contributed by atoms with van der Waals surface area (Å²) in [7, 11) is 4.29. The molecule has 1 rings (SSSR count). The maximum atomic E-state index is 5.94. The van der Waals surface area contributed by atoms with Crippen molar-refractivity contribution in [2.75, 3.05) is 27.2 Å². The van der Waals surface area contributed by atoms with E-state index in [-0.39, 0.29) is 24.0 Å². The van der Waals surface area contributed by atoms with Gasteiger partial charge in [-0.3, -0.25) is 4.99 Å². The van der Waals surface area contributed by atoms with Crippen molar-refractivity contribution in [1.82, 2.24) is 10.2 Å². The zero-order chi connectivity index (χ0) is 13.6. The molecule has 0 radical (unpaired) electrons. The molecule has 0 spiro atoms. The normalized spacial score (nSPS) is 20.2. The van der Waals surface area contributed by atoms with Crippen LogP contribution < -0.4 is 11.1 Å². The lowest BCUT2D eigenvalue weighted by atomic mass is 9.86. The van der Waals surface area contributed by atoms with E-state index < -0.39 is 0 Å². The van der Waals surface area contributed by atoms with Gasteiger partial charge >= 0.3 is 0 Å². The highest BCUT2D eigenvalue weighted by Crippen LogP contribution is 2.38. The SMILES string of the molecule is CCC(C)NC(N)=NCC1(CN(C)C)CCCC1.I. The van der Waals surface area contributed by atoms with Crippen LogP contribution in [0.1, 0.15) is 46.0 Å². The molecule has 1 saturated carbocycles. The lowest BCUT2D eigenvalue weighted by molar-refractivity contribution is 0.210. The van der Waals surface area contributed by atoms with Gasteiger partial charge in [0, 0.05) is 24.5 Å². The first kappa shape index (κ1) is 19.0. The van der Waals surface area contributed by atoms with Crippen molar-refractivity contribution in [3.8, 4) is 0 Å². The summed E-state index contributed by atoms with van der Waals surface area (Å²) in [5, 5.41) is 3.24. The number of halogens is 1. The van der Waals surface area contributed by atoms with Gasteiger partial charge < -0.3 is 16.0 Å². The summed E-state index contributed by atoms with van der Waals surface area (Å²) in [6.45, 7) is 6.26. The molecule has 0 heterocycles. The van der Waals surface area contributed by atoms with Gasteiger partial charge in [-0.15, -0.1) is 24.0 Å². The molecule has 3 N–H and O–H groups in total. The molecule has 0 amide bonds. The van der Waals surface area contributed by atoms with Crippen molar-refractivity contribution >= 4 is 29.9 Å². The van der Waals surface area contributed by atoms with Gasteiger partial charge in [0.25, 0.3) is 0 Å². The first-order chi connectivity index (χ1) is 8.47. The number of hydrogen-bond donors (Lipinski definition) is 2. The molecule has 0 bridgehead atoms. The Balaban J connectivity index is 0.00000324. The van der Waals surface area contributed by atoms with E-state index >= 15 is 0 Å². The summed E-state index contributed by atoms with van der Waals surface area (Å²) in [5.41, 5.74) is 6.30. The second-order valence-corrected chi connectivity index (χ2v) is 6.10. The molecule has 114 valence electrons. The van der Waals surface area contributed by atoms with E-state index in [1.807, 2.05) is 0 Å². The minimum Gasteiger partial charge on any atom is -0.370 e. The van der Waals surface area contributed by atoms with Crippen LogP contribution in [0, 0.1) is 5.41 Å². The van der Waals surface area contributed by atoms with Gasteiger partial charge in [0.15, 0.2) is 5.96 Å². The van der Waals surface area contributed by atoms with Crippen LogP contribution in [0.3, 0.4) is 0 Å². The highest BCUT2D eigenvalue weighted by Gasteiger charge is 2.34. The standard InChI is InChI=1S/C14H30N4.HI/c1-5-12(2)17-13(15)16-10-14(11-18(3)4)8-6-7-9-14;/h12H,5-11H2,1-4H3,(H3,15,16,17);1H. The lowest BCUT2D eigenvalue weighted by Gasteiger charge is -2.30. The fraction of sp³-hybridized carbons (Fsp3) is 0.929. The molecule has 1 aliphatic carbocycles. The number of nitrogens with one attached hydrogen (secondary N) is 1. The van der Waals surface area contributed by atoms with Crippen molar-refractivity contribution < 1.29 is 0 Å². The number of guanidine groups is 1. The van der Waals surface area contributed by atoms with Gasteiger partial charge in [-0.2, -0.15) is 0 Å². The lowest BCUT2D eigenvalue weighted by Crippen LogP contribution is -2.40. The average molecular weight is 382 g/mol. The highest BCUT2D eigenvalue weighted by molar-refractivity contribution is 14.0. The summed E-state index contributed by atoms with van der Waals surface area (Å²) in [6, 6.07) is 0.405. The molecular formula is C14H31IN4. The zero-order valence-electron chi connectivity index (χ0n) is 12.9. The van der Waals surface area contributed by atoms with Crippen LogP contribution >= 0.6 is 24.0 Å². The fourth-order valence-electron chi connectivity index (χ4n) is 2.82. The molecule has 0 aromatic rings. The summed E-state index contributed by atoms with van der Waals surface area (Å²) in [4.78, 5) is 6.85. The van der Waals surface area contributed by atoms with Gasteiger partial charge in [-0.1, -0.05) is 19.8 Å². The van der Waals surface area contributed by atoms with Crippen LogP contribution in [-0.4, -0.2) is 44.1 Å². The van der Waals surface area contributed by atoms with Gasteiger partial charge in [0.2, 0.25) is 0 Å². The Morgan fingerprint density at radius 1 is 1.37 bits per heavy atom. The molecule has 4 nitrogen and oxygen atoms in total. The first-order valence-corrected chi connectivity index (χ1v) is 7.18. The van der Waals surface area contributed by atoms with E-state index in [9.17, 15) is 0 Å². The van der Waals surface area contributed by atoms with Crippen molar-refractivity contribution in [3.63, 3.8) is 0 Å². The largest absolute Gasteiger partial charge is 0.370 e. The molecule has 19 heavy (non-hydrogen) atoms. The quantitative estimate of drug-likeness (QED) is 0.422. The van der Waals surface area contributed by atoms with Crippen LogP contribution in [0.15, 0.2) is 4.99 Å². The van der Waals surface area contributed by atoms with Crippen LogP contribution in [0.5, 0.6) is 0 Å². The first-order valence-electron chi connectivity index (χ1n) is 7.18. The number of aliphatic imine (C=N–C) groups is 1.